The van der Waals surface area contributed by atoms with E-state index >= 15 is 0 Å². The van der Waals surface area contributed by atoms with Crippen LogP contribution in [0.4, 0.5) is 5.69 Å². The summed E-state index contributed by atoms with van der Waals surface area (Å²) in [5.41, 5.74) is 3.70. The lowest BCUT2D eigenvalue weighted by Gasteiger charge is -2.26. The Morgan fingerprint density at radius 2 is 1.89 bits per heavy atom. The minimum atomic E-state index is -0.0844. The normalized spacial score (nSPS) is 13.5. The number of hydrogen-bond acceptors (Lipinski definition) is 4. The minimum absolute atomic E-state index is 0.0844. The van der Waals surface area contributed by atoms with Crippen LogP contribution in [-0.4, -0.2) is 34.8 Å². The molecule has 0 unspecified atom stereocenters. The van der Waals surface area contributed by atoms with Crippen molar-refractivity contribution < 1.29 is 9.53 Å². The maximum absolute atomic E-state index is 13.0. The summed E-state index contributed by atoms with van der Waals surface area (Å²) in [6.07, 6.45) is 11.2. The maximum atomic E-state index is 13.0. The summed E-state index contributed by atoms with van der Waals surface area (Å²) in [7, 11) is 1.59. The largest absolute Gasteiger partial charge is 0.497 e. The molecule has 1 aliphatic rings. The van der Waals surface area contributed by atoms with Crippen molar-refractivity contribution in [2.75, 3.05) is 18.7 Å². The van der Waals surface area contributed by atoms with E-state index in [-0.39, 0.29) is 5.91 Å². The molecule has 140 valence electrons. The van der Waals surface area contributed by atoms with Crippen LogP contribution < -0.4 is 9.64 Å². The van der Waals surface area contributed by atoms with Crippen molar-refractivity contribution in [3.8, 4) is 16.9 Å². The van der Waals surface area contributed by atoms with Crippen LogP contribution in [-0.2, 0) is 0 Å². The summed E-state index contributed by atoms with van der Waals surface area (Å²) in [6, 6.07) is 15.3. The van der Waals surface area contributed by atoms with Gasteiger partial charge in [-0.2, -0.15) is 5.10 Å². The van der Waals surface area contributed by atoms with Gasteiger partial charge in [0.05, 0.1) is 13.3 Å². The van der Waals surface area contributed by atoms with E-state index in [4.69, 9.17) is 4.74 Å². The fourth-order valence-electron chi connectivity index (χ4n) is 3.04. The Balaban J connectivity index is 1.54. The summed E-state index contributed by atoms with van der Waals surface area (Å²) in [5, 5.41) is 6.81. The predicted molar refractivity (Wildman–Crippen MR) is 109 cm³/mol. The molecular weight excluding hydrogens is 352 g/mol. The molecule has 4 rings (SSSR count). The molecule has 0 spiro atoms. The van der Waals surface area contributed by atoms with Crippen LogP contribution in [0.3, 0.4) is 0 Å². The summed E-state index contributed by atoms with van der Waals surface area (Å²) >= 11 is 0. The highest BCUT2D eigenvalue weighted by Gasteiger charge is 2.18. The lowest BCUT2D eigenvalue weighted by molar-refractivity contribution is 0.0825. The quantitative estimate of drug-likeness (QED) is 0.751. The molecule has 2 heterocycles. The molecule has 0 aliphatic carbocycles. The molecule has 6 nitrogen and oxygen atoms in total. The van der Waals surface area contributed by atoms with Crippen molar-refractivity contribution in [2.45, 2.75) is 0 Å². The van der Waals surface area contributed by atoms with E-state index in [2.05, 4.69) is 10.2 Å². The Labute approximate surface area is 163 Å². The van der Waals surface area contributed by atoms with Gasteiger partial charge in [-0.15, -0.1) is 0 Å². The Kier molecular flexibility index (Phi) is 4.93. The Hall–Kier alpha value is -3.80. The third-order valence-corrected chi connectivity index (χ3v) is 4.56. The molecule has 0 radical (unpaired) electrons. The molecule has 1 amide bonds. The van der Waals surface area contributed by atoms with Crippen molar-refractivity contribution in [1.82, 2.24) is 15.1 Å². The van der Waals surface area contributed by atoms with Gasteiger partial charge >= 0.3 is 0 Å². The summed E-state index contributed by atoms with van der Waals surface area (Å²) < 4.78 is 5.23. The number of ether oxygens (including phenoxy) is 1. The van der Waals surface area contributed by atoms with Gasteiger partial charge in [-0.3, -0.25) is 14.8 Å². The summed E-state index contributed by atoms with van der Waals surface area (Å²) in [4.78, 5) is 16.7. The second-order valence-electron chi connectivity index (χ2n) is 6.33. The van der Waals surface area contributed by atoms with Gasteiger partial charge in [-0.05, 0) is 48.0 Å². The highest BCUT2D eigenvalue weighted by molar-refractivity contribution is 5.95. The molecule has 1 aromatic heterocycles. The number of aromatic amines is 1. The number of carbonyl (C=O) groups is 1. The molecule has 0 atom stereocenters. The highest BCUT2D eigenvalue weighted by Crippen LogP contribution is 2.24. The monoisotopic (exact) mass is 372 g/mol. The topological polar surface area (TPSA) is 61.5 Å². The van der Waals surface area contributed by atoms with Crippen molar-refractivity contribution in [2.24, 2.45) is 0 Å². The maximum Gasteiger partial charge on any atom is 0.259 e. The van der Waals surface area contributed by atoms with Crippen molar-refractivity contribution in [1.29, 1.82) is 0 Å². The second-order valence-corrected chi connectivity index (χ2v) is 6.33. The van der Waals surface area contributed by atoms with Gasteiger partial charge < -0.3 is 9.64 Å². The summed E-state index contributed by atoms with van der Waals surface area (Å²) in [6.45, 7) is 0.411. The van der Waals surface area contributed by atoms with Crippen LogP contribution in [0.15, 0.2) is 85.5 Å². The number of anilines is 1. The average Bonchev–Trinajstić information content (AvgIpc) is 3.18. The van der Waals surface area contributed by atoms with E-state index in [1.165, 1.54) is 0 Å². The zero-order valence-electron chi connectivity index (χ0n) is 15.4. The van der Waals surface area contributed by atoms with E-state index < -0.39 is 0 Å². The van der Waals surface area contributed by atoms with Crippen LogP contribution in [0.2, 0.25) is 0 Å². The Morgan fingerprint density at radius 1 is 1.07 bits per heavy atom. The first-order valence-electron chi connectivity index (χ1n) is 8.90. The van der Waals surface area contributed by atoms with Crippen LogP contribution in [0.25, 0.3) is 11.1 Å². The fourth-order valence-corrected chi connectivity index (χ4v) is 3.04. The highest BCUT2D eigenvalue weighted by atomic mass is 16.5. The number of nitrogens with one attached hydrogen (secondary N) is 1. The van der Waals surface area contributed by atoms with Crippen molar-refractivity contribution >= 4 is 11.6 Å². The number of rotatable bonds is 4. The van der Waals surface area contributed by atoms with Crippen molar-refractivity contribution in [3.05, 3.63) is 91.0 Å². The smallest absolute Gasteiger partial charge is 0.259 e. The van der Waals surface area contributed by atoms with E-state index in [1.807, 2.05) is 65.8 Å². The zero-order valence-corrected chi connectivity index (χ0v) is 15.4. The van der Waals surface area contributed by atoms with E-state index in [0.717, 1.165) is 16.8 Å². The van der Waals surface area contributed by atoms with Crippen LogP contribution in [0, 0.1) is 0 Å². The first-order chi connectivity index (χ1) is 13.7. The molecule has 0 saturated heterocycles. The molecule has 0 fully saturated rings. The summed E-state index contributed by atoms with van der Waals surface area (Å²) in [5.74, 6) is 0.577. The number of H-pyrrole nitrogens is 1. The molecular formula is C22H20N4O2. The number of hydrogen-bond donors (Lipinski definition) is 1. The number of amides is 1. The van der Waals surface area contributed by atoms with Crippen molar-refractivity contribution in [3.63, 3.8) is 0 Å². The molecule has 1 N–H and O–H groups in total. The fraction of sp³-hybridized carbons (Fsp3) is 0.0909. The van der Waals surface area contributed by atoms with Crippen LogP contribution in [0.1, 0.15) is 10.4 Å². The molecule has 1 aliphatic heterocycles. The van der Waals surface area contributed by atoms with E-state index in [1.54, 1.807) is 36.5 Å². The number of carbonyl (C=O) groups excluding carboxylic acids is 1. The standard InChI is InChI=1S/C22H20N4O2/c1-28-21-6-4-5-18(13-21)22(27)26-12-3-2-11-25(16-26)20-9-7-17(8-10-20)19-14-23-24-15-19/h2-15H,16H2,1H3,(H,23,24). The number of benzene rings is 2. The molecule has 6 heteroatoms. The second kappa shape index (κ2) is 7.84. The van der Waals surface area contributed by atoms with Crippen LogP contribution in [0.5, 0.6) is 5.75 Å². The molecule has 0 bridgehead atoms. The van der Waals surface area contributed by atoms with Gasteiger partial charge in [0.25, 0.3) is 5.91 Å². The van der Waals surface area contributed by atoms with Gasteiger partial charge in [0.15, 0.2) is 0 Å². The van der Waals surface area contributed by atoms with Gasteiger partial charge in [-0.25, -0.2) is 0 Å². The van der Waals surface area contributed by atoms with Gasteiger partial charge in [0.1, 0.15) is 12.4 Å². The minimum Gasteiger partial charge on any atom is -0.497 e. The average molecular weight is 372 g/mol. The van der Waals surface area contributed by atoms with E-state index in [0.29, 0.717) is 18.0 Å². The first kappa shape index (κ1) is 17.6. The van der Waals surface area contributed by atoms with E-state index in [9.17, 15) is 4.79 Å². The SMILES string of the molecule is COc1cccc(C(=O)N2C=CC=CN(c3ccc(-c4cn[nH]c4)cc3)C2)c1. The number of allylic oxidation sites excluding steroid dienone is 2. The first-order valence-corrected chi connectivity index (χ1v) is 8.90. The third kappa shape index (κ3) is 3.66. The molecule has 0 saturated carbocycles. The molecule has 2 aromatic carbocycles. The Morgan fingerprint density at radius 3 is 2.64 bits per heavy atom. The van der Waals surface area contributed by atoms with Gasteiger partial charge in [0, 0.05) is 35.4 Å². The number of nitrogens with zero attached hydrogens (tertiary/aromatic N) is 3. The number of aromatic nitrogens is 2. The van der Waals surface area contributed by atoms with Gasteiger partial charge in [-0.1, -0.05) is 18.2 Å². The Bertz CT molecular complexity index is 1010. The number of methoxy groups -OCH3 is 1. The lowest BCUT2D eigenvalue weighted by Crippen LogP contribution is -2.35. The predicted octanol–water partition coefficient (Wildman–Crippen LogP) is 4.03. The third-order valence-electron chi connectivity index (χ3n) is 4.56. The van der Waals surface area contributed by atoms with Gasteiger partial charge in [0.2, 0.25) is 0 Å². The zero-order chi connectivity index (χ0) is 19.3. The van der Waals surface area contributed by atoms with Crippen LogP contribution >= 0.6 is 0 Å². The molecule has 3 aromatic rings. The lowest BCUT2D eigenvalue weighted by atomic mass is 10.1. The molecule has 28 heavy (non-hydrogen) atoms.